The first-order chi connectivity index (χ1) is 6.20. The van der Waals surface area contributed by atoms with Gasteiger partial charge in [-0.2, -0.15) is 0 Å². The summed E-state index contributed by atoms with van der Waals surface area (Å²) in [6.07, 6.45) is 0.679. The molecule has 0 radical (unpaired) electrons. The van der Waals surface area contributed by atoms with Crippen molar-refractivity contribution in [1.29, 1.82) is 0 Å². The highest BCUT2D eigenvalue weighted by atomic mass is 32.1. The van der Waals surface area contributed by atoms with Crippen LogP contribution in [0.2, 0.25) is 0 Å². The number of rotatable bonds is 2. The zero-order chi connectivity index (χ0) is 9.42. The lowest BCUT2D eigenvalue weighted by molar-refractivity contribution is -0.380. The molecule has 0 aliphatic heterocycles. The summed E-state index contributed by atoms with van der Waals surface area (Å²) >= 11 is 1.05. The molecule has 0 fully saturated rings. The summed E-state index contributed by atoms with van der Waals surface area (Å²) in [5.41, 5.74) is 1.08. The molecule has 0 aromatic carbocycles. The largest absolute Gasteiger partial charge is 0.351 e. The standard InChI is InChI=1S/C7H4N2O3S/c10-3-4-1-6-5(8-4)2-7(13-6)9(11)12/h1-3,8H. The van der Waals surface area contributed by atoms with Crippen LogP contribution in [0, 0.1) is 10.1 Å². The van der Waals surface area contributed by atoms with E-state index in [0.717, 1.165) is 16.0 Å². The van der Waals surface area contributed by atoms with Crippen LogP contribution in [-0.4, -0.2) is 16.2 Å². The molecule has 2 aromatic heterocycles. The molecule has 5 nitrogen and oxygen atoms in total. The van der Waals surface area contributed by atoms with Crippen LogP contribution in [-0.2, 0) is 0 Å². The van der Waals surface area contributed by atoms with Crippen molar-refractivity contribution in [3.63, 3.8) is 0 Å². The molecule has 0 atom stereocenters. The summed E-state index contributed by atoms with van der Waals surface area (Å²) in [5, 5.41) is 10.4. The maximum absolute atomic E-state index is 10.4. The van der Waals surface area contributed by atoms with Gasteiger partial charge in [-0.15, -0.1) is 0 Å². The Balaban J connectivity index is 2.60. The van der Waals surface area contributed by atoms with Crippen LogP contribution in [0.15, 0.2) is 12.1 Å². The van der Waals surface area contributed by atoms with Crippen molar-refractivity contribution in [3.8, 4) is 0 Å². The number of hydrogen-bond acceptors (Lipinski definition) is 4. The van der Waals surface area contributed by atoms with Crippen molar-refractivity contribution in [3.05, 3.63) is 27.9 Å². The number of thiophene rings is 1. The summed E-state index contributed by atoms with van der Waals surface area (Å²) in [6, 6.07) is 3.02. The van der Waals surface area contributed by atoms with Crippen LogP contribution in [0.25, 0.3) is 10.2 Å². The molecule has 13 heavy (non-hydrogen) atoms. The maximum atomic E-state index is 10.4. The topological polar surface area (TPSA) is 76.0 Å². The Hall–Kier alpha value is -1.69. The van der Waals surface area contributed by atoms with Crippen LogP contribution >= 0.6 is 11.3 Å². The van der Waals surface area contributed by atoms with Gasteiger partial charge >= 0.3 is 5.00 Å². The number of aromatic amines is 1. The molecule has 2 aromatic rings. The zero-order valence-corrected chi connectivity index (χ0v) is 7.13. The lowest BCUT2D eigenvalue weighted by Gasteiger charge is -1.80. The van der Waals surface area contributed by atoms with Gasteiger partial charge in [-0.25, -0.2) is 0 Å². The zero-order valence-electron chi connectivity index (χ0n) is 6.31. The average Bonchev–Trinajstić information content (AvgIpc) is 2.58. The number of H-pyrrole nitrogens is 1. The van der Waals surface area contributed by atoms with Crippen molar-refractivity contribution in [2.75, 3.05) is 0 Å². The number of aldehydes is 1. The third kappa shape index (κ3) is 1.20. The molecule has 0 saturated carbocycles. The number of nitrogens with zero attached hydrogens (tertiary/aromatic N) is 1. The van der Waals surface area contributed by atoms with Crippen molar-refractivity contribution in [2.45, 2.75) is 0 Å². The summed E-state index contributed by atoms with van der Waals surface area (Å²) in [4.78, 5) is 23.0. The number of carbonyl (C=O) groups is 1. The normalized spacial score (nSPS) is 10.5. The van der Waals surface area contributed by atoms with Gasteiger partial charge in [0.05, 0.1) is 26.9 Å². The van der Waals surface area contributed by atoms with Crippen molar-refractivity contribution < 1.29 is 9.72 Å². The van der Waals surface area contributed by atoms with E-state index >= 15 is 0 Å². The number of fused-ring (bicyclic) bond motifs is 1. The minimum absolute atomic E-state index is 0.0821. The van der Waals surface area contributed by atoms with Crippen molar-refractivity contribution >= 4 is 32.8 Å². The first kappa shape index (κ1) is 7.93. The molecule has 0 aliphatic carbocycles. The smallest absolute Gasteiger partial charge is 0.326 e. The van der Waals surface area contributed by atoms with Gasteiger partial charge in [0.1, 0.15) is 0 Å². The van der Waals surface area contributed by atoms with Crippen LogP contribution in [0.3, 0.4) is 0 Å². The van der Waals surface area contributed by atoms with Gasteiger partial charge in [0.2, 0.25) is 0 Å². The van der Waals surface area contributed by atoms with E-state index in [1.54, 1.807) is 6.07 Å². The molecular weight excluding hydrogens is 192 g/mol. The Morgan fingerprint density at radius 1 is 1.54 bits per heavy atom. The molecule has 0 spiro atoms. The Morgan fingerprint density at radius 3 is 2.85 bits per heavy atom. The van der Waals surface area contributed by atoms with E-state index < -0.39 is 4.92 Å². The van der Waals surface area contributed by atoms with Crippen LogP contribution in [0.1, 0.15) is 10.5 Å². The van der Waals surface area contributed by atoms with E-state index in [1.165, 1.54) is 6.07 Å². The summed E-state index contributed by atoms with van der Waals surface area (Å²) in [7, 11) is 0. The first-order valence-electron chi connectivity index (χ1n) is 3.43. The highest BCUT2D eigenvalue weighted by molar-refractivity contribution is 7.22. The minimum Gasteiger partial charge on any atom is -0.351 e. The Morgan fingerprint density at radius 2 is 2.31 bits per heavy atom. The third-order valence-corrected chi connectivity index (χ3v) is 2.65. The molecule has 0 unspecified atom stereocenters. The van der Waals surface area contributed by atoms with Crippen molar-refractivity contribution in [2.24, 2.45) is 0 Å². The van der Waals surface area contributed by atoms with Gasteiger partial charge in [-0.05, 0) is 6.07 Å². The number of hydrogen-bond donors (Lipinski definition) is 1. The third-order valence-electron chi connectivity index (χ3n) is 1.62. The second kappa shape index (κ2) is 2.67. The van der Waals surface area contributed by atoms with E-state index in [1.807, 2.05) is 0 Å². The number of carbonyl (C=O) groups excluding carboxylic acids is 1. The summed E-state index contributed by atoms with van der Waals surface area (Å²) in [6.45, 7) is 0. The van der Waals surface area contributed by atoms with Gasteiger partial charge in [0.25, 0.3) is 0 Å². The highest BCUT2D eigenvalue weighted by Gasteiger charge is 2.12. The quantitative estimate of drug-likeness (QED) is 0.453. The maximum Gasteiger partial charge on any atom is 0.326 e. The van der Waals surface area contributed by atoms with E-state index in [0.29, 0.717) is 17.5 Å². The van der Waals surface area contributed by atoms with Crippen LogP contribution < -0.4 is 0 Å². The van der Waals surface area contributed by atoms with Crippen LogP contribution in [0.5, 0.6) is 0 Å². The first-order valence-corrected chi connectivity index (χ1v) is 4.24. The Labute approximate surface area is 76.1 Å². The van der Waals surface area contributed by atoms with E-state index in [2.05, 4.69) is 4.98 Å². The molecule has 0 saturated heterocycles. The van der Waals surface area contributed by atoms with E-state index in [4.69, 9.17) is 0 Å². The molecule has 0 aliphatic rings. The Kier molecular flexibility index (Phi) is 1.63. The van der Waals surface area contributed by atoms with Gasteiger partial charge in [-0.3, -0.25) is 14.9 Å². The van der Waals surface area contributed by atoms with Gasteiger partial charge in [0.15, 0.2) is 6.29 Å². The van der Waals surface area contributed by atoms with Gasteiger partial charge < -0.3 is 4.98 Å². The summed E-state index contributed by atoms with van der Waals surface area (Å²) in [5.74, 6) is 0. The van der Waals surface area contributed by atoms with Crippen molar-refractivity contribution in [1.82, 2.24) is 4.98 Å². The van der Waals surface area contributed by atoms with E-state index in [-0.39, 0.29) is 5.00 Å². The fraction of sp³-hybridized carbons (Fsp3) is 0. The molecule has 1 N–H and O–H groups in total. The molecular formula is C7H4N2O3S. The SMILES string of the molecule is O=Cc1cc2sc([N+](=O)[O-])cc2[nH]1. The molecule has 6 heteroatoms. The predicted molar refractivity (Wildman–Crippen MR) is 48.2 cm³/mol. The molecule has 0 bridgehead atoms. The monoisotopic (exact) mass is 196 g/mol. The number of aromatic nitrogens is 1. The lowest BCUT2D eigenvalue weighted by Crippen LogP contribution is -1.81. The molecule has 2 rings (SSSR count). The van der Waals surface area contributed by atoms with Gasteiger partial charge in [-0.1, -0.05) is 11.3 Å². The molecule has 0 amide bonds. The van der Waals surface area contributed by atoms with E-state index in [9.17, 15) is 14.9 Å². The second-order valence-corrected chi connectivity index (χ2v) is 3.52. The Bertz CT molecular complexity index is 453. The second-order valence-electron chi connectivity index (χ2n) is 2.46. The molecule has 2 heterocycles. The highest BCUT2D eigenvalue weighted by Crippen LogP contribution is 2.31. The number of nitro groups is 1. The lowest BCUT2D eigenvalue weighted by atomic mass is 10.4. The fourth-order valence-corrected chi connectivity index (χ4v) is 1.97. The summed E-state index contributed by atoms with van der Waals surface area (Å²) < 4.78 is 0.730. The number of nitrogens with one attached hydrogen (secondary N) is 1. The fourth-order valence-electron chi connectivity index (χ4n) is 1.08. The minimum atomic E-state index is -0.445. The van der Waals surface area contributed by atoms with Gasteiger partial charge in [0, 0.05) is 0 Å². The average molecular weight is 196 g/mol. The molecule has 66 valence electrons. The van der Waals surface area contributed by atoms with Crippen LogP contribution in [0.4, 0.5) is 5.00 Å². The predicted octanol–water partition coefficient (Wildman–Crippen LogP) is 1.95.